The van der Waals surface area contributed by atoms with Crippen molar-refractivity contribution < 1.29 is 9.59 Å². The van der Waals surface area contributed by atoms with Crippen molar-refractivity contribution in [2.24, 2.45) is 0 Å². The molecule has 0 aromatic carbocycles. The number of hydrogen-bond acceptors (Lipinski definition) is 3. The summed E-state index contributed by atoms with van der Waals surface area (Å²) in [7, 11) is 0. The Bertz CT molecular complexity index is 615. The number of rotatable bonds is 3. The fraction of sp³-hybridized carbons (Fsp3) is 0.706. The number of nitrogens with one attached hydrogen (secondary N) is 1. The lowest BCUT2D eigenvalue weighted by molar-refractivity contribution is -0.133. The lowest BCUT2D eigenvalue weighted by atomic mass is 9.93. The van der Waals surface area contributed by atoms with Crippen molar-refractivity contribution in [2.45, 2.75) is 64.5 Å². The highest BCUT2D eigenvalue weighted by molar-refractivity contribution is 5.85. The Labute approximate surface area is 137 Å². The molecule has 1 fully saturated rings. The fourth-order valence-corrected chi connectivity index (χ4v) is 3.24. The predicted molar refractivity (Wildman–Crippen MR) is 87.0 cm³/mol. The Morgan fingerprint density at radius 1 is 1.39 bits per heavy atom. The maximum Gasteiger partial charge on any atom is 0.239 e. The number of aromatic nitrogens is 2. The number of aryl methyl sites for hydroxylation is 1. The summed E-state index contributed by atoms with van der Waals surface area (Å²) in [4.78, 5) is 30.1. The van der Waals surface area contributed by atoms with Gasteiger partial charge in [0.05, 0.1) is 12.2 Å². The molecule has 0 spiro atoms. The second-order valence-electron chi connectivity index (χ2n) is 7.67. The minimum absolute atomic E-state index is 0.0409. The first kappa shape index (κ1) is 16.0. The molecule has 1 atom stereocenters. The number of carbonyl (C=O) groups excluding carboxylic acids is 2. The highest BCUT2D eigenvalue weighted by Crippen LogP contribution is 2.24. The number of imidazole rings is 1. The number of likely N-dealkylation sites (tertiary alicyclic amines) is 1. The summed E-state index contributed by atoms with van der Waals surface area (Å²) >= 11 is 0. The van der Waals surface area contributed by atoms with E-state index in [1.165, 1.54) is 0 Å². The average molecular weight is 318 g/mol. The summed E-state index contributed by atoms with van der Waals surface area (Å²) in [6.07, 6.45) is 5.33. The maximum atomic E-state index is 12.2. The fourth-order valence-electron chi connectivity index (χ4n) is 3.24. The molecule has 1 aromatic heterocycles. The van der Waals surface area contributed by atoms with Crippen molar-refractivity contribution in [3.05, 3.63) is 17.7 Å². The Kier molecular flexibility index (Phi) is 4.17. The molecule has 2 amide bonds. The lowest BCUT2D eigenvalue weighted by Crippen LogP contribution is -2.45. The summed E-state index contributed by atoms with van der Waals surface area (Å²) in [6, 6.07) is 0.120. The molecule has 0 saturated carbocycles. The largest absolute Gasteiger partial charge is 0.350 e. The highest BCUT2D eigenvalue weighted by atomic mass is 16.2. The normalized spacial score (nSPS) is 21.4. The molecule has 0 aliphatic carbocycles. The predicted octanol–water partition coefficient (Wildman–Crippen LogP) is 1.23. The van der Waals surface area contributed by atoms with Gasteiger partial charge in [0, 0.05) is 43.6 Å². The summed E-state index contributed by atoms with van der Waals surface area (Å²) in [6.45, 7) is 8.14. The van der Waals surface area contributed by atoms with Gasteiger partial charge >= 0.3 is 0 Å². The molecule has 1 aromatic rings. The van der Waals surface area contributed by atoms with Crippen molar-refractivity contribution in [1.29, 1.82) is 0 Å². The summed E-state index contributed by atoms with van der Waals surface area (Å²) in [5.41, 5.74) is 1.14. The van der Waals surface area contributed by atoms with Gasteiger partial charge in [-0.15, -0.1) is 0 Å². The number of hydrogen-bond donors (Lipinski definition) is 1. The molecule has 1 unspecified atom stereocenters. The van der Waals surface area contributed by atoms with Crippen LogP contribution >= 0.6 is 0 Å². The molecule has 1 N–H and O–H groups in total. The first-order chi connectivity index (χ1) is 10.8. The zero-order valence-corrected chi connectivity index (χ0v) is 14.3. The van der Waals surface area contributed by atoms with E-state index >= 15 is 0 Å². The molecule has 23 heavy (non-hydrogen) atoms. The summed E-state index contributed by atoms with van der Waals surface area (Å²) in [5, 5.41) is 3.07. The Morgan fingerprint density at radius 3 is 2.83 bits per heavy atom. The quantitative estimate of drug-likeness (QED) is 0.911. The van der Waals surface area contributed by atoms with Crippen LogP contribution < -0.4 is 5.32 Å². The molecular formula is C17H26N4O2. The number of amides is 2. The maximum absolute atomic E-state index is 12.2. The van der Waals surface area contributed by atoms with Crippen LogP contribution in [0.25, 0.3) is 0 Å². The second-order valence-corrected chi connectivity index (χ2v) is 7.67. The summed E-state index contributed by atoms with van der Waals surface area (Å²) < 4.78 is 2.16. The van der Waals surface area contributed by atoms with Crippen molar-refractivity contribution in [2.75, 3.05) is 13.1 Å². The van der Waals surface area contributed by atoms with Crippen LogP contribution in [0.15, 0.2) is 6.20 Å². The SMILES string of the molecule is CC(C)(C)c1cn2c(n1)CCC(NC(=O)CN1CCCC1=O)C2. The molecule has 1 saturated heterocycles. The van der Waals surface area contributed by atoms with Gasteiger partial charge in [-0.2, -0.15) is 0 Å². The van der Waals surface area contributed by atoms with Crippen LogP contribution in [0.2, 0.25) is 0 Å². The third-order valence-electron chi connectivity index (χ3n) is 4.63. The van der Waals surface area contributed by atoms with E-state index in [0.29, 0.717) is 13.0 Å². The van der Waals surface area contributed by atoms with Crippen LogP contribution in [-0.4, -0.2) is 45.4 Å². The Hall–Kier alpha value is -1.85. The lowest BCUT2D eigenvalue weighted by Gasteiger charge is -2.25. The first-order valence-corrected chi connectivity index (χ1v) is 8.46. The summed E-state index contributed by atoms with van der Waals surface area (Å²) in [5.74, 6) is 1.15. The van der Waals surface area contributed by atoms with Crippen LogP contribution in [0.3, 0.4) is 0 Å². The molecule has 126 valence electrons. The molecule has 2 aliphatic rings. The molecule has 3 rings (SSSR count). The third kappa shape index (κ3) is 3.57. The van der Waals surface area contributed by atoms with Crippen LogP contribution in [0.4, 0.5) is 0 Å². The van der Waals surface area contributed by atoms with E-state index in [1.54, 1.807) is 4.90 Å². The minimum Gasteiger partial charge on any atom is -0.350 e. The molecule has 0 bridgehead atoms. The van der Waals surface area contributed by atoms with Crippen molar-refractivity contribution in [1.82, 2.24) is 19.8 Å². The Morgan fingerprint density at radius 2 is 2.17 bits per heavy atom. The van der Waals surface area contributed by atoms with Crippen LogP contribution in [0, 0.1) is 0 Å². The van der Waals surface area contributed by atoms with Crippen molar-refractivity contribution in [3.63, 3.8) is 0 Å². The van der Waals surface area contributed by atoms with E-state index in [4.69, 9.17) is 4.98 Å². The zero-order chi connectivity index (χ0) is 16.6. The van der Waals surface area contributed by atoms with Gasteiger partial charge in [0.1, 0.15) is 5.82 Å². The molecule has 6 nitrogen and oxygen atoms in total. The van der Waals surface area contributed by atoms with Gasteiger partial charge in [-0.05, 0) is 12.8 Å². The minimum atomic E-state index is -0.0511. The van der Waals surface area contributed by atoms with Gasteiger partial charge < -0.3 is 14.8 Å². The van der Waals surface area contributed by atoms with E-state index in [-0.39, 0.29) is 29.8 Å². The second kappa shape index (κ2) is 5.98. The van der Waals surface area contributed by atoms with E-state index in [9.17, 15) is 9.59 Å². The van der Waals surface area contributed by atoms with Gasteiger partial charge in [0.2, 0.25) is 11.8 Å². The van der Waals surface area contributed by atoms with Gasteiger partial charge in [-0.1, -0.05) is 20.8 Å². The molecule has 6 heteroatoms. The van der Waals surface area contributed by atoms with Gasteiger partial charge in [-0.25, -0.2) is 4.98 Å². The third-order valence-corrected chi connectivity index (χ3v) is 4.63. The van der Waals surface area contributed by atoms with Gasteiger partial charge in [0.15, 0.2) is 0 Å². The van der Waals surface area contributed by atoms with E-state index in [1.807, 2.05) is 0 Å². The first-order valence-electron chi connectivity index (χ1n) is 8.46. The standard InChI is InChI=1S/C17H26N4O2/c1-17(2,3)13-10-21-9-12(6-7-14(21)19-13)18-15(22)11-20-8-4-5-16(20)23/h10,12H,4-9,11H2,1-3H3,(H,18,22). The van der Waals surface area contributed by atoms with Crippen LogP contribution in [0.5, 0.6) is 0 Å². The monoisotopic (exact) mass is 318 g/mol. The van der Waals surface area contributed by atoms with E-state index < -0.39 is 0 Å². The zero-order valence-electron chi connectivity index (χ0n) is 14.3. The van der Waals surface area contributed by atoms with Gasteiger partial charge in [-0.3, -0.25) is 9.59 Å². The van der Waals surface area contributed by atoms with Crippen molar-refractivity contribution >= 4 is 11.8 Å². The number of nitrogens with zero attached hydrogens (tertiary/aromatic N) is 3. The molecule has 3 heterocycles. The molecule has 2 aliphatic heterocycles. The topological polar surface area (TPSA) is 67.2 Å². The number of fused-ring (bicyclic) bond motifs is 1. The molecule has 0 radical (unpaired) electrons. The number of carbonyl (C=O) groups is 2. The van der Waals surface area contributed by atoms with Crippen LogP contribution in [-0.2, 0) is 28.0 Å². The smallest absolute Gasteiger partial charge is 0.239 e. The Balaban J connectivity index is 1.58. The highest BCUT2D eigenvalue weighted by Gasteiger charge is 2.27. The molecular weight excluding hydrogens is 292 g/mol. The van der Waals surface area contributed by atoms with Gasteiger partial charge in [0.25, 0.3) is 0 Å². The average Bonchev–Trinajstić information content (AvgIpc) is 3.05. The van der Waals surface area contributed by atoms with E-state index in [2.05, 4.69) is 36.9 Å². The van der Waals surface area contributed by atoms with Crippen molar-refractivity contribution in [3.8, 4) is 0 Å². The van der Waals surface area contributed by atoms with Crippen LogP contribution in [0.1, 0.15) is 51.6 Å². The van der Waals surface area contributed by atoms with E-state index in [0.717, 1.165) is 37.3 Å².